The van der Waals surface area contributed by atoms with Crippen molar-refractivity contribution in [3.05, 3.63) is 35.9 Å². The number of rotatable bonds is 10. The van der Waals surface area contributed by atoms with E-state index in [2.05, 4.69) is 10.6 Å². The Morgan fingerprint density at radius 1 is 1.03 bits per heavy atom. The van der Waals surface area contributed by atoms with E-state index in [0.717, 1.165) is 0 Å². The first-order valence-electron chi connectivity index (χ1n) is 10.1. The summed E-state index contributed by atoms with van der Waals surface area (Å²) >= 11 is 0. The highest BCUT2D eigenvalue weighted by Gasteiger charge is 2.41. The quantitative estimate of drug-likeness (QED) is 0.393. The molecule has 3 atom stereocenters. The molecule has 0 saturated heterocycles. The van der Waals surface area contributed by atoms with Gasteiger partial charge in [-0.25, -0.2) is 0 Å². The first kappa shape index (κ1) is 27.9. The van der Waals surface area contributed by atoms with Gasteiger partial charge in [-0.15, -0.1) is 0 Å². The minimum atomic E-state index is -5.18. The summed E-state index contributed by atoms with van der Waals surface area (Å²) < 4.78 is 37.7. The second-order valence-corrected chi connectivity index (χ2v) is 8.01. The Labute approximate surface area is 189 Å². The number of halogens is 3. The summed E-state index contributed by atoms with van der Waals surface area (Å²) in [6, 6.07) is 5.81. The van der Waals surface area contributed by atoms with Crippen molar-refractivity contribution in [2.24, 2.45) is 5.92 Å². The molecule has 0 heterocycles. The molecule has 184 valence electrons. The average molecular weight is 474 g/mol. The van der Waals surface area contributed by atoms with Gasteiger partial charge >= 0.3 is 12.1 Å². The monoisotopic (exact) mass is 474 g/mol. The van der Waals surface area contributed by atoms with Gasteiger partial charge in [0, 0.05) is 14.1 Å². The van der Waals surface area contributed by atoms with Crippen LogP contribution >= 0.6 is 0 Å². The molecule has 0 radical (unpaired) electrons. The molecule has 1 aromatic carbocycles. The van der Waals surface area contributed by atoms with Gasteiger partial charge in [-0.05, 0) is 17.9 Å². The van der Waals surface area contributed by atoms with Crippen molar-refractivity contribution in [1.29, 1.82) is 0 Å². The van der Waals surface area contributed by atoms with E-state index in [1.54, 1.807) is 49.5 Å². The minimum Gasteiger partial charge on any atom is -0.381 e. The number of amides is 4. The van der Waals surface area contributed by atoms with Crippen molar-refractivity contribution in [2.45, 2.75) is 44.6 Å². The molecule has 12 heteroatoms. The normalized spacial score (nSPS) is 14.1. The highest BCUT2D eigenvalue weighted by Crippen LogP contribution is 2.17. The molecule has 0 fully saturated rings. The molecule has 0 aliphatic rings. The summed E-state index contributed by atoms with van der Waals surface area (Å²) in [6.07, 6.45) is -7.33. The van der Waals surface area contributed by atoms with Crippen LogP contribution in [0.4, 0.5) is 13.2 Å². The lowest BCUT2D eigenvalue weighted by Gasteiger charge is -2.26. The molecular weight excluding hydrogens is 445 g/mol. The number of aliphatic hydroxyl groups is 1. The van der Waals surface area contributed by atoms with Crippen LogP contribution in [-0.2, 0) is 19.2 Å². The first-order valence-corrected chi connectivity index (χ1v) is 10.1. The lowest BCUT2D eigenvalue weighted by molar-refractivity contribution is -0.175. The number of alkyl halides is 3. The van der Waals surface area contributed by atoms with Gasteiger partial charge in [0.25, 0.3) is 5.91 Å². The van der Waals surface area contributed by atoms with Gasteiger partial charge in [0.2, 0.25) is 11.8 Å². The fraction of sp³-hybridized carbons (Fsp3) is 0.524. The van der Waals surface area contributed by atoms with Gasteiger partial charge in [0.05, 0.1) is 12.6 Å². The second kappa shape index (κ2) is 12.2. The molecule has 33 heavy (non-hydrogen) atoms. The summed E-state index contributed by atoms with van der Waals surface area (Å²) in [4.78, 5) is 49.6. The molecule has 1 aromatic rings. The molecule has 1 unspecified atom stereocenters. The van der Waals surface area contributed by atoms with Gasteiger partial charge in [-0.2, -0.15) is 13.2 Å². The molecular formula is C21H29F3N4O5. The van der Waals surface area contributed by atoms with E-state index in [1.807, 2.05) is 0 Å². The van der Waals surface area contributed by atoms with Crippen molar-refractivity contribution in [3.8, 4) is 0 Å². The summed E-state index contributed by atoms with van der Waals surface area (Å²) in [5.74, 6) is -4.87. The fourth-order valence-electron chi connectivity index (χ4n) is 2.88. The largest absolute Gasteiger partial charge is 0.471 e. The van der Waals surface area contributed by atoms with Crippen LogP contribution in [0.2, 0.25) is 0 Å². The van der Waals surface area contributed by atoms with E-state index in [4.69, 9.17) is 0 Å². The number of benzene rings is 1. The molecule has 4 amide bonds. The highest BCUT2D eigenvalue weighted by molar-refractivity contribution is 5.91. The Bertz CT molecular complexity index is 831. The lowest BCUT2D eigenvalue weighted by atomic mass is 9.98. The Balaban J connectivity index is 2.81. The van der Waals surface area contributed by atoms with Crippen LogP contribution in [-0.4, -0.2) is 72.6 Å². The van der Waals surface area contributed by atoms with Crippen LogP contribution in [0.25, 0.3) is 0 Å². The van der Waals surface area contributed by atoms with E-state index < -0.39 is 54.5 Å². The Hall–Kier alpha value is -3.15. The van der Waals surface area contributed by atoms with Crippen LogP contribution < -0.4 is 16.0 Å². The third kappa shape index (κ3) is 9.08. The molecule has 4 N–H and O–H groups in total. The summed E-state index contributed by atoms with van der Waals surface area (Å²) in [5.41, 5.74) is 0.503. The molecule has 0 aliphatic carbocycles. The van der Waals surface area contributed by atoms with Crippen LogP contribution in [0.15, 0.2) is 30.3 Å². The number of carbonyl (C=O) groups is 4. The second-order valence-electron chi connectivity index (χ2n) is 8.01. The maximum Gasteiger partial charge on any atom is 0.471 e. The van der Waals surface area contributed by atoms with E-state index in [1.165, 1.54) is 19.0 Å². The summed E-state index contributed by atoms with van der Waals surface area (Å²) in [7, 11) is 3.01. The van der Waals surface area contributed by atoms with Gasteiger partial charge < -0.3 is 26.0 Å². The third-order valence-corrected chi connectivity index (χ3v) is 4.50. The summed E-state index contributed by atoms with van der Waals surface area (Å²) in [6.45, 7) is 2.62. The third-order valence-electron chi connectivity index (χ3n) is 4.50. The Morgan fingerprint density at radius 3 is 2.09 bits per heavy atom. The highest BCUT2D eigenvalue weighted by atomic mass is 19.4. The zero-order valence-corrected chi connectivity index (χ0v) is 18.8. The van der Waals surface area contributed by atoms with Crippen LogP contribution in [0, 0.1) is 5.92 Å². The number of hydrogen-bond donors (Lipinski definition) is 4. The van der Waals surface area contributed by atoms with Crippen molar-refractivity contribution in [3.63, 3.8) is 0 Å². The average Bonchev–Trinajstić information content (AvgIpc) is 2.73. The fourth-order valence-corrected chi connectivity index (χ4v) is 2.88. The zero-order chi connectivity index (χ0) is 25.3. The number of nitrogens with one attached hydrogen (secondary N) is 3. The van der Waals surface area contributed by atoms with E-state index in [0.29, 0.717) is 5.56 Å². The molecule has 0 aromatic heterocycles. The van der Waals surface area contributed by atoms with Crippen LogP contribution in [0.3, 0.4) is 0 Å². The number of carbonyl (C=O) groups excluding carboxylic acids is 4. The van der Waals surface area contributed by atoms with Crippen molar-refractivity contribution >= 4 is 23.6 Å². The lowest BCUT2D eigenvalue weighted by Crippen LogP contribution is -2.54. The number of aliphatic hydroxyl groups excluding tert-OH is 1. The van der Waals surface area contributed by atoms with E-state index in [9.17, 15) is 37.5 Å². The van der Waals surface area contributed by atoms with Crippen molar-refractivity contribution < 1.29 is 37.5 Å². The standard InChI is InChI=1S/C21H29F3N4O5/c1-12(2)10-14(26-20(33)21(22,23)24)17(30)18(31)25-11-15(29)27-16(19(32)28(3)4)13-8-6-5-7-9-13/h5-9,12,14,16-17,30H,10-11H2,1-4H3,(H,25,31)(H,26,33)(H,27,29)/t14-,16-,17?/m0/s1. The predicted octanol–water partition coefficient (Wildman–Crippen LogP) is 0.502. The Kier molecular flexibility index (Phi) is 10.3. The molecule has 0 bridgehead atoms. The van der Waals surface area contributed by atoms with E-state index >= 15 is 0 Å². The van der Waals surface area contributed by atoms with Gasteiger partial charge in [-0.3, -0.25) is 19.2 Å². The van der Waals surface area contributed by atoms with Gasteiger partial charge in [0.15, 0.2) is 6.10 Å². The summed E-state index contributed by atoms with van der Waals surface area (Å²) in [5, 5.41) is 16.4. The Morgan fingerprint density at radius 2 is 1.61 bits per heavy atom. The maximum atomic E-state index is 12.6. The molecule has 0 aliphatic heterocycles. The SMILES string of the molecule is CC(C)C[C@H](NC(=O)C(F)(F)F)C(O)C(=O)NCC(=O)N[C@H](C(=O)N(C)C)c1ccccc1. The predicted molar refractivity (Wildman–Crippen MR) is 112 cm³/mol. The molecule has 0 spiro atoms. The zero-order valence-electron chi connectivity index (χ0n) is 18.8. The molecule has 1 rings (SSSR count). The molecule has 9 nitrogen and oxygen atoms in total. The maximum absolute atomic E-state index is 12.6. The smallest absolute Gasteiger partial charge is 0.381 e. The van der Waals surface area contributed by atoms with Gasteiger partial charge in [-0.1, -0.05) is 44.2 Å². The number of likely N-dealkylation sites (N-methyl/N-ethyl adjacent to an activating group) is 1. The van der Waals surface area contributed by atoms with Crippen molar-refractivity contribution in [1.82, 2.24) is 20.9 Å². The van der Waals surface area contributed by atoms with Crippen LogP contribution in [0.5, 0.6) is 0 Å². The molecule has 0 saturated carbocycles. The van der Waals surface area contributed by atoms with Crippen molar-refractivity contribution in [2.75, 3.05) is 20.6 Å². The number of hydrogen-bond acceptors (Lipinski definition) is 5. The first-order chi connectivity index (χ1) is 15.2. The minimum absolute atomic E-state index is 0.115. The van der Waals surface area contributed by atoms with Gasteiger partial charge in [0.1, 0.15) is 6.04 Å². The van der Waals surface area contributed by atoms with E-state index in [-0.39, 0.29) is 12.3 Å². The van der Waals surface area contributed by atoms with Crippen LogP contribution in [0.1, 0.15) is 31.9 Å². The number of nitrogens with zero attached hydrogens (tertiary/aromatic N) is 1. The topological polar surface area (TPSA) is 128 Å².